The lowest BCUT2D eigenvalue weighted by atomic mass is 9.90. The molecule has 2 rings (SSSR count). The maximum atomic E-state index is 13.1. The summed E-state index contributed by atoms with van der Waals surface area (Å²) < 4.78 is 30.6. The highest BCUT2D eigenvalue weighted by atomic mass is 19.1. The van der Waals surface area contributed by atoms with E-state index in [1.807, 2.05) is 0 Å². The van der Waals surface area contributed by atoms with E-state index in [0.29, 0.717) is 18.4 Å². The zero-order valence-corrected chi connectivity index (χ0v) is 9.24. The fourth-order valence-corrected chi connectivity index (χ4v) is 2.03. The molecule has 92 valence electrons. The summed E-state index contributed by atoms with van der Waals surface area (Å²) in [7, 11) is 1.16. The third-order valence-electron chi connectivity index (χ3n) is 3.17. The highest BCUT2D eigenvalue weighted by Gasteiger charge is 2.54. The smallest absolute Gasteiger partial charge is 0.335 e. The molecule has 1 aromatic rings. The van der Waals surface area contributed by atoms with Gasteiger partial charge in [-0.3, -0.25) is 0 Å². The van der Waals surface area contributed by atoms with Crippen LogP contribution in [0.25, 0.3) is 0 Å². The van der Waals surface area contributed by atoms with E-state index in [0.717, 1.165) is 25.3 Å². The summed E-state index contributed by atoms with van der Waals surface area (Å²) in [5.74, 6) is -2.22. The van der Waals surface area contributed by atoms with E-state index in [9.17, 15) is 18.7 Å². The number of methoxy groups -OCH3 is 1. The van der Waals surface area contributed by atoms with Crippen LogP contribution in [-0.4, -0.2) is 24.3 Å². The van der Waals surface area contributed by atoms with Gasteiger partial charge in [-0.25, -0.2) is 13.6 Å². The molecule has 0 bridgehead atoms. The fraction of sp³-hybridized carbons (Fsp3) is 0.417. The van der Waals surface area contributed by atoms with Gasteiger partial charge in [0.1, 0.15) is 11.6 Å². The predicted molar refractivity (Wildman–Crippen MR) is 55.3 cm³/mol. The summed E-state index contributed by atoms with van der Waals surface area (Å²) in [6.45, 7) is 0. The Hall–Kier alpha value is -1.49. The van der Waals surface area contributed by atoms with Gasteiger partial charge < -0.3 is 9.84 Å². The number of hydrogen-bond donors (Lipinski definition) is 1. The van der Waals surface area contributed by atoms with Gasteiger partial charge in [0, 0.05) is 11.5 Å². The molecule has 0 heterocycles. The molecule has 1 unspecified atom stereocenters. The Balaban J connectivity index is 2.35. The number of hydrogen-bond acceptors (Lipinski definition) is 3. The number of ether oxygens (including phenoxy) is 1. The summed E-state index contributed by atoms with van der Waals surface area (Å²) in [4.78, 5) is 11.3. The largest absolute Gasteiger partial charge is 0.467 e. The van der Waals surface area contributed by atoms with Crippen LogP contribution in [0.4, 0.5) is 8.78 Å². The Labute approximate surface area is 97.0 Å². The first-order valence-electron chi connectivity index (χ1n) is 5.22. The Morgan fingerprint density at radius 1 is 1.35 bits per heavy atom. The van der Waals surface area contributed by atoms with E-state index in [1.165, 1.54) is 0 Å². The van der Waals surface area contributed by atoms with Crippen molar-refractivity contribution in [2.24, 2.45) is 0 Å². The van der Waals surface area contributed by atoms with Crippen LogP contribution >= 0.6 is 0 Å². The maximum Gasteiger partial charge on any atom is 0.335 e. The first-order chi connectivity index (χ1) is 7.99. The Morgan fingerprint density at radius 2 is 1.88 bits per heavy atom. The molecule has 1 aromatic carbocycles. The summed E-state index contributed by atoms with van der Waals surface area (Å²) >= 11 is 0. The lowest BCUT2D eigenvalue weighted by Crippen LogP contribution is -2.35. The second kappa shape index (κ2) is 4.07. The molecule has 1 atom stereocenters. The zero-order valence-electron chi connectivity index (χ0n) is 9.24. The van der Waals surface area contributed by atoms with Crippen molar-refractivity contribution < 1.29 is 23.4 Å². The molecule has 1 N–H and O–H groups in total. The normalized spacial score (nSPS) is 18.6. The molecule has 0 amide bonds. The molecule has 1 aliphatic rings. The van der Waals surface area contributed by atoms with Crippen LogP contribution in [0.1, 0.15) is 18.4 Å². The van der Waals surface area contributed by atoms with Gasteiger partial charge in [0.05, 0.1) is 7.11 Å². The number of rotatable bonds is 3. The number of esters is 1. The van der Waals surface area contributed by atoms with Crippen LogP contribution in [0, 0.1) is 11.6 Å². The number of halogens is 2. The van der Waals surface area contributed by atoms with Crippen LogP contribution in [0.3, 0.4) is 0 Å². The lowest BCUT2D eigenvalue weighted by molar-refractivity contribution is -0.152. The molecular formula is C12H12F2O3. The molecule has 1 fully saturated rings. The second-order valence-corrected chi connectivity index (χ2v) is 4.24. The SMILES string of the molecule is COC(=O)C(O)C1(c2cc(F)cc(F)c2)CC1. The van der Waals surface area contributed by atoms with Gasteiger partial charge in [0.2, 0.25) is 0 Å². The van der Waals surface area contributed by atoms with Gasteiger partial charge in [-0.2, -0.15) is 0 Å². The number of carbonyl (C=O) groups excluding carboxylic acids is 1. The molecule has 1 aliphatic carbocycles. The minimum atomic E-state index is -1.38. The molecule has 0 radical (unpaired) electrons. The molecule has 0 saturated heterocycles. The average Bonchev–Trinajstić information content (AvgIpc) is 3.07. The first-order valence-corrected chi connectivity index (χ1v) is 5.22. The standard InChI is InChI=1S/C12H12F2O3/c1-17-11(16)10(15)12(2-3-12)7-4-8(13)6-9(14)5-7/h4-6,10,15H,2-3H2,1H3. The molecule has 3 nitrogen and oxygen atoms in total. The quantitative estimate of drug-likeness (QED) is 0.818. The van der Waals surface area contributed by atoms with Crippen molar-refractivity contribution in [3.63, 3.8) is 0 Å². The fourth-order valence-electron chi connectivity index (χ4n) is 2.03. The lowest BCUT2D eigenvalue weighted by Gasteiger charge is -2.20. The highest BCUT2D eigenvalue weighted by Crippen LogP contribution is 2.51. The molecule has 0 spiro atoms. The Morgan fingerprint density at radius 3 is 2.29 bits per heavy atom. The number of aliphatic hydroxyl groups is 1. The predicted octanol–water partition coefficient (Wildman–Crippen LogP) is 1.53. The third-order valence-corrected chi connectivity index (χ3v) is 3.17. The summed E-state index contributed by atoms with van der Waals surface area (Å²) in [6.07, 6.45) is -0.369. The van der Waals surface area contributed by atoms with Crippen LogP contribution in [0.5, 0.6) is 0 Å². The Bertz CT molecular complexity index is 435. The average molecular weight is 242 g/mol. The van der Waals surface area contributed by atoms with Crippen molar-refractivity contribution in [2.75, 3.05) is 7.11 Å². The molecular weight excluding hydrogens is 230 g/mol. The molecule has 0 aromatic heterocycles. The van der Waals surface area contributed by atoms with Gasteiger partial charge in [-0.1, -0.05) is 0 Å². The van der Waals surface area contributed by atoms with Gasteiger partial charge in [0.25, 0.3) is 0 Å². The minimum absolute atomic E-state index is 0.299. The summed E-state index contributed by atoms with van der Waals surface area (Å²) in [5, 5.41) is 9.82. The monoisotopic (exact) mass is 242 g/mol. The van der Waals surface area contributed by atoms with Crippen LogP contribution < -0.4 is 0 Å². The number of carbonyl (C=O) groups is 1. The van der Waals surface area contributed by atoms with E-state index >= 15 is 0 Å². The van der Waals surface area contributed by atoms with E-state index in [-0.39, 0.29) is 0 Å². The van der Waals surface area contributed by atoms with Crippen molar-refractivity contribution in [3.05, 3.63) is 35.4 Å². The van der Waals surface area contributed by atoms with Gasteiger partial charge >= 0.3 is 5.97 Å². The highest BCUT2D eigenvalue weighted by molar-refractivity contribution is 5.77. The zero-order chi connectivity index (χ0) is 12.6. The van der Waals surface area contributed by atoms with Gasteiger partial charge in [-0.05, 0) is 30.5 Å². The van der Waals surface area contributed by atoms with Gasteiger partial charge in [-0.15, -0.1) is 0 Å². The summed E-state index contributed by atoms with van der Waals surface area (Å²) in [5.41, 5.74) is -0.594. The van der Waals surface area contributed by atoms with Crippen LogP contribution in [0.2, 0.25) is 0 Å². The van der Waals surface area contributed by atoms with Crippen molar-refractivity contribution in [1.82, 2.24) is 0 Å². The van der Waals surface area contributed by atoms with Crippen LogP contribution in [-0.2, 0) is 14.9 Å². The minimum Gasteiger partial charge on any atom is -0.467 e. The van der Waals surface area contributed by atoms with Crippen molar-refractivity contribution >= 4 is 5.97 Å². The van der Waals surface area contributed by atoms with Crippen molar-refractivity contribution in [2.45, 2.75) is 24.4 Å². The Kier molecular flexibility index (Phi) is 2.87. The topological polar surface area (TPSA) is 46.5 Å². The second-order valence-electron chi connectivity index (χ2n) is 4.24. The number of aliphatic hydroxyl groups excluding tert-OH is 1. The van der Waals surface area contributed by atoms with Crippen LogP contribution in [0.15, 0.2) is 18.2 Å². The summed E-state index contributed by atoms with van der Waals surface area (Å²) in [6, 6.07) is 3.04. The van der Waals surface area contributed by atoms with E-state index < -0.39 is 29.1 Å². The molecule has 17 heavy (non-hydrogen) atoms. The number of benzene rings is 1. The van der Waals surface area contributed by atoms with Crippen molar-refractivity contribution in [3.8, 4) is 0 Å². The van der Waals surface area contributed by atoms with Gasteiger partial charge in [0.15, 0.2) is 6.10 Å². The van der Waals surface area contributed by atoms with E-state index in [2.05, 4.69) is 4.74 Å². The molecule has 0 aliphatic heterocycles. The maximum absolute atomic E-state index is 13.1. The molecule has 5 heteroatoms. The van der Waals surface area contributed by atoms with E-state index in [4.69, 9.17) is 0 Å². The van der Waals surface area contributed by atoms with Crippen molar-refractivity contribution in [1.29, 1.82) is 0 Å². The third kappa shape index (κ3) is 2.02. The molecule has 1 saturated carbocycles. The van der Waals surface area contributed by atoms with E-state index in [1.54, 1.807) is 0 Å². The first kappa shape index (κ1) is 12.0.